The first-order chi connectivity index (χ1) is 10.5. The molecule has 120 valence electrons. The van der Waals surface area contributed by atoms with Crippen LogP contribution in [0.3, 0.4) is 0 Å². The van der Waals surface area contributed by atoms with Gasteiger partial charge in [-0.25, -0.2) is 4.39 Å². The molecule has 1 aliphatic rings. The van der Waals surface area contributed by atoms with Crippen LogP contribution < -0.4 is 0 Å². The van der Waals surface area contributed by atoms with E-state index in [-0.39, 0.29) is 23.5 Å². The summed E-state index contributed by atoms with van der Waals surface area (Å²) >= 11 is 1.17. The van der Waals surface area contributed by atoms with Crippen LogP contribution in [0.5, 0.6) is 0 Å². The lowest BCUT2D eigenvalue weighted by Gasteiger charge is -2.31. The third-order valence-electron chi connectivity index (χ3n) is 3.82. The lowest BCUT2D eigenvalue weighted by atomic mass is 10.1. The van der Waals surface area contributed by atoms with Crippen LogP contribution in [-0.2, 0) is 9.53 Å². The van der Waals surface area contributed by atoms with Gasteiger partial charge in [0, 0.05) is 30.7 Å². The molecule has 1 aliphatic heterocycles. The zero-order valence-electron chi connectivity index (χ0n) is 12.8. The first-order valence-electron chi connectivity index (χ1n) is 7.25. The molecule has 1 aromatic rings. The average Bonchev–Trinajstić information content (AvgIpc) is 2.53. The van der Waals surface area contributed by atoms with Crippen molar-refractivity contribution in [2.45, 2.75) is 30.8 Å². The van der Waals surface area contributed by atoms with Crippen molar-refractivity contribution in [2.75, 3.05) is 26.0 Å². The highest BCUT2D eigenvalue weighted by Gasteiger charge is 2.22. The number of likely N-dealkylation sites (tertiary alicyclic amines) is 1. The van der Waals surface area contributed by atoms with E-state index < -0.39 is 5.82 Å². The van der Waals surface area contributed by atoms with Gasteiger partial charge in [-0.3, -0.25) is 9.59 Å². The maximum Gasteiger partial charge on any atom is 0.232 e. The van der Waals surface area contributed by atoms with E-state index in [1.54, 1.807) is 24.1 Å². The molecule has 2 rings (SSSR count). The molecule has 1 heterocycles. The molecule has 6 heteroatoms. The number of nitrogens with zero attached hydrogens (tertiary/aromatic N) is 1. The number of amides is 1. The Labute approximate surface area is 134 Å². The monoisotopic (exact) mass is 325 g/mol. The van der Waals surface area contributed by atoms with E-state index in [1.807, 2.05) is 0 Å². The fourth-order valence-electron chi connectivity index (χ4n) is 2.41. The Morgan fingerprint density at radius 1 is 1.36 bits per heavy atom. The standard InChI is InChI=1S/C16H20FNO3S/c1-11(19)12-3-4-15(14(17)9-12)22-10-16(20)18-7-5-13(21-2)6-8-18/h3-4,9,13H,5-8,10H2,1-2H3. The molecule has 1 amide bonds. The van der Waals surface area contributed by atoms with Gasteiger partial charge in [0.05, 0.1) is 11.9 Å². The summed E-state index contributed by atoms with van der Waals surface area (Å²) < 4.78 is 19.2. The highest BCUT2D eigenvalue weighted by molar-refractivity contribution is 8.00. The number of methoxy groups -OCH3 is 1. The lowest BCUT2D eigenvalue weighted by Crippen LogP contribution is -2.41. The molecule has 0 aromatic heterocycles. The van der Waals surface area contributed by atoms with Crippen molar-refractivity contribution in [2.24, 2.45) is 0 Å². The zero-order chi connectivity index (χ0) is 16.1. The number of hydrogen-bond donors (Lipinski definition) is 0. The molecule has 1 fully saturated rings. The number of ether oxygens (including phenoxy) is 1. The second kappa shape index (κ2) is 7.74. The van der Waals surface area contributed by atoms with Crippen molar-refractivity contribution in [3.63, 3.8) is 0 Å². The van der Waals surface area contributed by atoms with Gasteiger partial charge in [0.2, 0.25) is 5.91 Å². The van der Waals surface area contributed by atoms with E-state index in [9.17, 15) is 14.0 Å². The van der Waals surface area contributed by atoms with E-state index in [1.165, 1.54) is 24.8 Å². The topological polar surface area (TPSA) is 46.6 Å². The fourth-order valence-corrected chi connectivity index (χ4v) is 3.23. The molecule has 1 saturated heterocycles. The first-order valence-corrected chi connectivity index (χ1v) is 8.23. The molecule has 0 unspecified atom stereocenters. The molecule has 0 N–H and O–H groups in total. The Bertz CT molecular complexity index is 556. The molecule has 22 heavy (non-hydrogen) atoms. The van der Waals surface area contributed by atoms with Gasteiger partial charge in [0.1, 0.15) is 5.82 Å². The molecule has 4 nitrogen and oxygen atoms in total. The largest absolute Gasteiger partial charge is 0.381 e. The number of benzene rings is 1. The number of carbonyl (C=O) groups excluding carboxylic acids is 2. The summed E-state index contributed by atoms with van der Waals surface area (Å²) in [4.78, 5) is 25.5. The summed E-state index contributed by atoms with van der Waals surface area (Å²) in [5.41, 5.74) is 0.342. The third kappa shape index (κ3) is 4.30. The SMILES string of the molecule is COC1CCN(C(=O)CSc2ccc(C(C)=O)cc2F)CC1. The number of Topliss-reactive ketones (excluding diaryl/α,β-unsaturated/α-hetero) is 1. The smallest absolute Gasteiger partial charge is 0.232 e. The molecule has 1 aromatic carbocycles. The highest BCUT2D eigenvalue weighted by Crippen LogP contribution is 2.24. The normalized spacial score (nSPS) is 15.9. The van der Waals surface area contributed by atoms with E-state index in [4.69, 9.17) is 4.74 Å². The Hall–Kier alpha value is -1.40. The third-order valence-corrected chi connectivity index (χ3v) is 4.85. The second-order valence-electron chi connectivity index (χ2n) is 5.31. The number of rotatable bonds is 5. The Morgan fingerprint density at radius 2 is 2.05 bits per heavy atom. The van der Waals surface area contributed by atoms with Gasteiger partial charge in [-0.1, -0.05) is 6.07 Å². The van der Waals surface area contributed by atoms with Gasteiger partial charge in [0.15, 0.2) is 5.78 Å². The average molecular weight is 325 g/mol. The van der Waals surface area contributed by atoms with Crippen LogP contribution in [0.15, 0.2) is 23.1 Å². The van der Waals surface area contributed by atoms with Crippen LogP contribution >= 0.6 is 11.8 Å². The maximum absolute atomic E-state index is 13.9. The number of carbonyl (C=O) groups is 2. The summed E-state index contributed by atoms with van der Waals surface area (Å²) in [5, 5.41) is 0. The molecule has 0 saturated carbocycles. The molecule has 0 bridgehead atoms. The van der Waals surface area contributed by atoms with Crippen LogP contribution in [0.1, 0.15) is 30.1 Å². The van der Waals surface area contributed by atoms with Gasteiger partial charge in [-0.15, -0.1) is 11.8 Å². The van der Waals surface area contributed by atoms with Crippen LogP contribution in [0.2, 0.25) is 0 Å². The number of halogens is 1. The van der Waals surface area contributed by atoms with E-state index in [0.29, 0.717) is 23.5 Å². The Morgan fingerprint density at radius 3 is 2.59 bits per heavy atom. The van der Waals surface area contributed by atoms with Crippen LogP contribution in [-0.4, -0.2) is 48.6 Å². The zero-order valence-corrected chi connectivity index (χ0v) is 13.6. The predicted molar refractivity (Wildman–Crippen MR) is 83.7 cm³/mol. The summed E-state index contributed by atoms with van der Waals surface area (Å²) in [7, 11) is 1.69. The number of thioether (sulfide) groups is 1. The molecule has 0 spiro atoms. The molecule has 0 radical (unpaired) electrons. The van der Waals surface area contributed by atoms with Crippen molar-refractivity contribution < 1.29 is 18.7 Å². The number of ketones is 1. The maximum atomic E-state index is 13.9. The Kier molecular flexibility index (Phi) is 5.97. The minimum Gasteiger partial charge on any atom is -0.381 e. The highest BCUT2D eigenvalue weighted by atomic mass is 32.2. The van der Waals surface area contributed by atoms with Crippen molar-refractivity contribution in [1.29, 1.82) is 0 Å². The van der Waals surface area contributed by atoms with Crippen molar-refractivity contribution >= 4 is 23.5 Å². The minimum atomic E-state index is -0.455. The van der Waals surface area contributed by atoms with Gasteiger partial charge >= 0.3 is 0 Å². The number of piperidine rings is 1. The van der Waals surface area contributed by atoms with Crippen molar-refractivity contribution in [1.82, 2.24) is 4.90 Å². The van der Waals surface area contributed by atoms with E-state index in [0.717, 1.165) is 12.8 Å². The van der Waals surface area contributed by atoms with E-state index in [2.05, 4.69) is 0 Å². The molecule has 0 atom stereocenters. The summed E-state index contributed by atoms with van der Waals surface area (Å²) in [6, 6.07) is 4.36. The Balaban J connectivity index is 1.87. The van der Waals surface area contributed by atoms with Gasteiger partial charge in [-0.2, -0.15) is 0 Å². The van der Waals surface area contributed by atoms with Gasteiger partial charge in [0.25, 0.3) is 0 Å². The van der Waals surface area contributed by atoms with Crippen LogP contribution in [0.25, 0.3) is 0 Å². The molecular weight excluding hydrogens is 305 g/mol. The molecule has 0 aliphatic carbocycles. The second-order valence-corrected chi connectivity index (χ2v) is 6.32. The summed E-state index contributed by atoms with van der Waals surface area (Å²) in [6.45, 7) is 2.77. The number of hydrogen-bond acceptors (Lipinski definition) is 4. The first kappa shape index (κ1) is 17.0. The quantitative estimate of drug-likeness (QED) is 0.617. The fraction of sp³-hybridized carbons (Fsp3) is 0.500. The van der Waals surface area contributed by atoms with Crippen molar-refractivity contribution in [3.8, 4) is 0 Å². The summed E-state index contributed by atoms with van der Waals surface area (Å²) in [5.74, 6) is -0.417. The molecular formula is C16H20FNO3S. The van der Waals surface area contributed by atoms with Crippen LogP contribution in [0, 0.1) is 5.82 Å². The predicted octanol–water partition coefficient (Wildman–Crippen LogP) is 2.76. The van der Waals surface area contributed by atoms with E-state index >= 15 is 0 Å². The van der Waals surface area contributed by atoms with Gasteiger partial charge in [-0.05, 0) is 31.9 Å². The lowest BCUT2D eigenvalue weighted by molar-refractivity contribution is -0.130. The van der Waals surface area contributed by atoms with Crippen molar-refractivity contribution in [3.05, 3.63) is 29.6 Å². The van der Waals surface area contributed by atoms with Gasteiger partial charge < -0.3 is 9.64 Å². The van der Waals surface area contributed by atoms with Crippen LogP contribution in [0.4, 0.5) is 4.39 Å². The summed E-state index contributed by atoms with van der Waals surface area (Å²) in [6.07, 6.45) is 1.91. The minimum absolute atomic E-state index is 0.00889.